The lowest BCUT2D eigenvalue weighted by Gasteiger charge is -2.36. The number of anilines is 3. The molecule has 0 unspecified atom stereocenters. The molecule has 162 valence electrons. The number of para-hydroxylation sites is 1. The van der Waals surface area contributed by atoms with Crippen LogP contribution < -0.4 is 14.5 Å². The average molecular weight is 437 g/mol. The van der Waals surface area contributed by atoms with E-state index in [1.807, 2.05) is 42.5 Å². The van der Waals surface area contributed by atoms with E-state index in [0.29, 0.717) is 12.1 Å². The second-order valence-corrected chi connectivity index (χ2v) is 9.57. The minimum absolute atomic E-state index is 0.0884. The highest BCUT2D eigenvalue weighted by atomic mass is 32.2. The van der Waals surface area contributed by atoms with Crippen LogP contribution in [0.2, 0.25) is 0 Å². The molecule has 0 saturated carbocycles. The van der Waals surface area contributed by atoms with Crippen molar-refractivity contribution in [3.8, 4) is 0 Å². The number of aromatic nitrogens is 1. The number of hydrogen-bond donors (Lipinski definition) is 1. The predicted octanol–water partition coefficient (Wildman–Crippen LogP) is 3.78. The van der Waals surface area contributed by atoms with Crippen LogP contribution in [0.4, 0.5) is 17.2 Å². The number of pyridine rings is 1. The Morgan fingerprint density at radius 3 is 2.10 bits per heavy atom. The molecule has 0 spiro atoms. The van der Waals surface area contributed by atoms with E-state index < -0.39 is 10.0 Å². The fraction of sp³-hybridized carbons (Fsp3) is 0.292. The van der Waals surface area contributed by atoms with Crippen molar-refractivity contribution in [1.82, 2.24) is 4.98 Å². The van der Waals surface area contributed by atoms with Gasteiger partial charge in [0.1, 0.15) is 5.82 Å². The summed E-state index contributed by atoms with van der Waals surface area (Å²) in [6, 6.07) is 24.0. The van der Waals surface area contributed by atoms with Gasteiger partial charge in [-0.2, -0.15) is 0 Å². The number of aryl methyl sites for hydroxylation is 1. The Labute approximate surface area is 184 Å². The van der Waals surface area contributed by atoms with Gasteiger partial charge in [-0.05, 0) is 42.7 Å². The summed E-state index contributed by atoms with van der Waals surface area (Å²) in [4.78, 5) is 9.10. The van der Waals surface area contributed by atoms with Crippen LogP contribution >= 0.6 is 0 Å². The number of nitrogens with zero attached hydrogens (tertiary/aromatic N) is 3. The SMILES string of the molecule is O=S(=O)(CCCc1ccccc1)Nc1ccc(N2CCN(c3ccccc3)CC2)nc1. The highest BCUT2D eigenvalue weighted by molar-refractivity contribution is 7.92. The van der Waals surface area contributed by atoms with E-state index in [4.69, 9.17) is 0 Å². The number of benzene rings is 2. The Bertz CT molecular complexity index is 1050. The third-order valence-corrected chi connectivity index (χ3v) is 6.84. The number of hydrogen-bond acceptors (Lipinski definition) is 5. The lowest BCUT2D eigenvalue weighted by Crippen LogP contribution is -2.46. The molecule has 0 atom stereocenters. The maximum Gasteiger partial charge on any atom is 0.232 e. The molecule has 1 saturated heterocycles. The first-order chi connectivity index (χ1) is 15.1. The van der Waals surface area contributed by atoms with Crippen LogP contribution in [0, 0.1) is 0 Å². The Hall–Kier alpha value is -3.06. The fourth-order valence-electron chi connectivity index (χ4n) is 3.81. The van der Waals surface area contributed by atoms with Gasteiger partial charge in [0.2, 0.25) is 10.0 Å². The van der Waals surface area contributed by atoms with Gasteiger partial charge in [0, 0.05) is 31.9 Å². The van der Waals surface area contributed by atoms with Crippen molar-refractivity contribution >= 4 is 27.2 Å². The molecule has 6 nitrogen and oxygen atoms in total. The molecule has 0 radical (unpaired) electrons. The molecule has 7 heteroatoms. The molecule has 1 N–H and O–H groups in total. The smallest absolute Gasteiger partial charge is 0.232 e. The molecule has 0 amide bonds. The molecule has 0 aliphatic carbocycles. The second-order valence-electron chi connectivity index (χ2n) is 7.72. The molecule has 1 aromatic heterocycles. The van der Waals surface area contributed by atoms with Crippen LogP contribution in [0.5, 0.6) is 0 Å². The lowest BCUT2D eigenvalue weighted by molar-refractivity contribution is 0.598. The summed E-state index contributed by atoms with van der Waals surface area (Å²) in [5.41, 5.74) is 2.90. The van der Waals surface area contributed by atoms with Gasteiger partial charge in [-0.15, -0.1) is 0 Å². The van der Waals surface area contributed by atoms with Gasteiger partial charge in [0.05, 0.1) is 17.6 Å². The first-order valence-electron chi connectivity index (χ1n) is 10.6. The number of sulfonamides is 1. The Morgan fingerprint density at radius 2 is 1.45 bits per heavy atom. The maximum atomic E-state index is 12.4. The Balaban J connectivity index is 1.27. The third-order valence-electron chi connectivity index (χ3n) is 5.47. The van der Waals surface area contributed by atoms with Crippen LogP contribution in [-0.4, -0.2) is 45.3 Å². The first kappa shape index (κ1) is 21.2. The van der Waals surface area contributed by atoms with E-state index in [9.17, 15) is 8.42 Å². The van der Waals surface area contributed by atoms with E-state index in [1.54, 1.807) is 12.3 Å². The molecule has 0 bridgehead atoms. The minimum atomic E-state index is -3.39. The topological polar surface area (TPSA) is 65.5 Å². The van der Waals surface area contributed by atoms with Gasteiger partial charge < -0.3 is 9.80 Å². The van der Waals surface area contributed by atoms with Crippen molar-refractivity contribution in [2.24, 2.45) is 0 Å². The van der Waals surface area contributed by atoms with Gasteiger partial charge in [0.15, 0.2) is 0 Å². The van der Waals surface area contributed by atoms with Crippen molar-refractivity contribution < 1.29 is 8.42 Å². The summed E-state index contributed by atoms with van der Waals surface area (Å²) in [6.07, 6.45) is 2.93. The maximum absolute atomic E-state index is 12.4. The molecule has 2 aromatic carbocycles. The van der Waals surface area contributed by atoms with Crippen LogP contribution in [0.15, 0.2) is 79.0 Å². The van der Waals surface area contributed by atoms with Crippen molar-refractivity contribution in [2.75, 3.05) is 46.5 Å². The van der Waals surface area contributed by atoms with Gasteiger partial charge in [-0.1, -0.05) is 48.5 Å². The molecule has 4 rings (SSSR count). The van der Waals surface area contributed by atoms with Crippen molar-refractivity contribution in [3.63, 3.8) is 0 Å². The average Bonchev–Trinajstić information content (AvgIpc) is 2.81. The largest absolute Gasteiger partial charge is 0.368 e. The predicted molar refractivity (Wildman–Crippen MR) is 127 cm³/mol. The number of rotatable bonds is 8. The summed E-state index contributed by atoms with van der Waals surface area (Å²) in [6.45, 7) is 3.63. The zero-order valence-corrected chi connectivity index (χ0v) is 18.3. The molecular weight excluding hydrogens is 408 g/mol. The molecule has 31 heavy (non-hydrogen) atoms. The summed E-state index contributed by atoms with van der Waals surface area (Å²) in [5, 5.41) is 0. The zero-order valence-electron chi connectivity index (χ0n) is 17.5. The molecular formula is C24H28N4O2S. The van der Waals surface area contributed by atoms with Crippen LogP contribution in [-0.2, 0) is 16.4 Å². The summed E-state index contributed by atoms with van der Waals surface area (Å²) >= 11 is 0. The van der Waals surface area contributed by atoms with Gasteiger partial charge in [-0.3, -0.25) is 4.72 Å². The lowest BCUT2D eigenvalue weighted by atomic mass is 10.1. The first-order valence-corrected chi connectivity index (χ1v) is 12.3. The minimum Gasteiger partial charge on any atom is -0.368 e. The number of piperazine rings is 1. The Kier molecular flexibility index (Phi) is 6.72. The second kappa shape index (κ2) is 9.83. The summed E-state index contributed by atoms with van der Waals surface area (Å²) in [5.74, 6) is 0.963. The van der Waals surface area contributed by atoms with Crippen LogP contribution in [0.25, 0.3) is 0 Å². The normalized spacial score (nSPS) is 14.5. The molecule has 1 aliphatic rings. The van der Waals surface area contributed by atoms with Crippen LogP contribution in [0.3, 0.4) is 0 Å². The van der Waals surface area contributed by atoms with Crippen LogP contribution in [0.1, 0.15) is 12.0 Å². The molecule has 1 fully saturated rings. The third kappa shape index (κ3) is 5.98. The highest BCUT2D eigenvalue weighted by Crippen LogP contribution is 2.20. The monoisotopic (exact) mass is 436 g/mol. The van der Waals surface area contributed by atoms with Crippen molar-refractivity contribution in [2.45, 2.75) is 12.8 Å². The molecule has 1 aliphatic heterocycles. The zero-order chi connectivity index (χ0) is 21.5. The van der Waals surface area contributed by atoms with Gasteiger partial charge in [0.25, 0.3) is 0 Å². The van der Waals surface area contributed by atoms with Gasteiger partial charge >= 0.3 is 0 Å². The van der Waals surface area contributed by atoms with E-state index >= 15 is 0 Å². The summed E-state index contributed by atoms with van der Waals surface area (Å²) in [7, 11) is -3.39. The molecule has 3 aromatic rings. The quantitative estimate of drug-likeness (QED) is 0.582. The summed E-state index contributed by atoms with van der Waals surface area (Å²) < 4.78 is 27.4. The Morgan fingerprint density at radius 1 is 0.806 bits per heavy atom. The standard InChI is InChI=1S/C24H28N4O2S/c29-31(30,19-7-10-21-8-3-1-4-9-21)26-22-13-14-24(25-20-22)28-17-15-27(16-18-28)23-11-5-2-6-12-23/h1-6,8-9,11-14,20,26H,7,10,15-19H2. The van der Waals surface area contributed by atoms with E-state index in [2.05, 4.69) is 43.8 Å². The van der Waals surface area contributed by atoms with E-state index in [0.717, 1.165) is 44.0 Å². The van der Waals surface area contributed by atoms with E-state index in [-0.39, 0.29) is 5.75 Å². The van der Waals surface area contributed by atoms with Gasteiger partial charge in [-0.25, -0.2) is 13.4 Å². The fourth-order valence-corrected chi connectivity index (χ4v) is 4.91. The highest BCUT2D eigenvalue weighted by Gasteiger charge is 2.18. The number of nitrogens with one attached hydrogen (secondary N) is 1. The molecule has 2 heterocycles. The van der Waals surface area contributed by atoms with Crippen molar-refractivity contribution in [1.29, 1.82) is 0 Å². The van der Waals surface area contributed by atoms with E-state index in [1.165, 1.54) is 5.69 Å². The van der Waals surface area contributed by atoms with Crippen molar-refractivity contribution in [3.05, 3.63) is 84.6 Å².